The van der Waals surface area contributed by atoms with Crippen molar-refractivity contribution < 1.29 is 14.6 Å². The highest BCUT2D eigenvalue weighted by Crippen LogP contribution is 2.51. The molecular formula is C16H29NO3. The Balaban J connectivity index is 1.60. The summed E-state index contributed by atoms with van der Waals surface area (Å²) in [7, 11) is 0. The monoisotopic (exact) mass is 283 g/mol. The molecule has 2 heterocycles. The molecule has 1 saturated carbocycles. The lowest BCUT2D eigenvalue weighted by atomic mass is 9.55. The van der Waals surface area contributed by atoms with Crippen LogP contribution in [0.4, 0.5) is 0 Å². The Labute approximate surface area is 122 Å². The molecule has 3 aliphatic rings. The molecule has 2 aliphatic heterocycles. The first-order valence-corrected chi connectivity index (χ1v) is 8.13. The first-order chi connectivity index (χ1) is 9.59. The minimum absolute atomic E-state index is 0.0228. The fourth-order valence-electron chi connectivity index (χ4n) is 4.46. The van der Waals surface area contributed by atoms with Gasteiger partial charge in [0.1, 0.15) is 0 Å². The average molecular weight is 283 g/mol. The summed E-state index contributed by atoms with van der Waals surface area (Å²) < 4.78 is 11.4. The smallest absolute Gasteiger partial charge is 0.0684 e. The Bertz CT molecular complexity index is 339. The third-order valence-corrected chi connectivity index (χ3v) is 5.92. The Morgan fingerprint density at radius 3 is 2.65 bits per heavy atom. The van der Waals surface area contributed by atoms with E-state index in [1.807, 2.05) is 0 Å². The van der Waals surface area contributed by atoms with Crippen LogP contribution in [0.2, 0.25) is 0 Å². The van der Waals surface area contributed by atoms with Crippen LogP contribution in [0.25, 0.3) is 0 Å². The number of nitrogens with one attached hydrogen (secondary N) is 1. The third kappa shape index (κ3) is 2.41. The number of aliphatic hydroxyl groups is 1. The molecule has 0 bridgehead atoms. The molecule has 0 aromatic heterocycles. The molecular weight excluding hydrogens is 254 g/mol. The topological polar surface area (TPSA) is 50.7 Å². The molecule has 0 radical (unpaired) electrons. The highest BCUT2D eigenvalue weighted by atomic mass is 16.5. The van der Waals surface area contributed by atoms with Gasteiger partial charge >= 0.3 is 0 Å². The lowest BCUT2D eigenvalue weighted by Gasteiger charge is -2.60. The van der Waals surface area contributed by atoms with Crippen LogP contribution < -0.4 is 5.32 Å². The Morgan fingerprint density at radius 2 is 1.95 bits per heavy atom. The summed E-state index contributed by atoms with van der Waals surface area (Å²) in [4.78, 5) is 0. The van der Waals surface area contributed by atoms with Crippen LogP contribution in [0.5, 0.6) is 0 Å². The molecule has 3 rings (SSSR count). The molecule has 1 aliphatic carbocycles. The predicted molar refractivity (Wildman–Crippen MR) is 77.6 cm³/mol. The Hall–Kier alpha value is -0.160. The highest BCUT2D eigenvalue weighted by Gasteiger charge is 2.57. The van der Waals surface area contributed by atoms with Crippen molar-refractivity contribution in [2.24, 2.45) is 16.7 Å². The minimum Gasteiger partial charge on any atom is -0.396 e. The number of hydrogen-bond donors (Lipinski definition) is 2. The molecule has 2 N–H and O–H groups in total. The van der Waals surface area contributed by atoms with Crippen LogP contribution in [0.3, 0.4) is 0 Å². The van der Waals surface area contributed by atoms with Gasteiger partial charge in [0.25, 0.3) is 0 Å². The lowest BCUT2D eigenvalue weighted by Crippen LogP contribution is -2.70. The van der Waals surface area contributed by atoms with Crippen LogP contribution >= 0.6 is 0 Å². The van der Waals surface area contributed by atoms with Crippen LogP contribution in [0.1, 0.15) is 39.5 Å². The molecule has 0 aromatic carbocycles. The van der Waals surface area contributed by atoms with Crippen LogP contribution in [-0.4, -0.2) is 50.2 Å². The van der Waals surface area contributed by atoms with E-state index < -0.39 is 0 Å². The molecule has 4 heteroatoms. The van der Waals surface area contributed by atoms with Crippen molar-refractivity contribution in [3.63, 3.8) is 0 Å². The number of ether oxygens (including phenoxy) is 2. The average Bonchev–Trinajstić information content (AvgIpc) is 2.48. The predicted octanol–water partition coefficient (Wildman–Crippen LogP) is 1.57. The lowest BCUT2D eigenvalue weighted by molar-refractivity contribution is -0.194. The zero-order chi connectivity index (χ0) is 14.2. The summed E-state index contributed by atoms with van der Waals surface area (Å²) in [6, 6.07) is 0.527. The van der Waals surface area contributed by atoms with Crippen molar-refractivity contribution in [3.8, 4) is 0 Å². The second-order valence-electron chi connectivity index (χ2n) is 7.55. The standard InChI is InChI=1S/C16H29NO3/c1-15(2)13(12-4-3-7-20-14(12)15)17-10-16(11-18)5-8-19-9-6-16/h12-14,17-18H,3-11H2,1-2H3. The van der Waals surface area contributed by atoms with Gasteiger partial charge in [-0.1, -0.05) is 13.8 Å². The van der Waals surface area contributed by atoms with E-state index in [0.29, 0.717) is 18.1 Å². The zero-order valence-electron chi connectivity index (χ0n) is 12.9. The summed E-state index contributed by atoms with van der Waals surface area (Å²) in [6.07, 6.45) is 4.83. The SMILES string of the molecule is CC1(C)C(NCC2(CO)CCOCC2)C2CCCOC21. The van der Waals surface area contributed by atoms with E-state index in [9.17, 15) is 5.11 Å². The first kappa shape index (κ1) is 14.8. The maximum atomic E-state index is 9.79. The molecule has 20 heavy (non-hydrogen) atoms. The van der Waals surface area contributed by atoms with Gasteiger partial charge in [0.2, 0.25) is 0 Å². The molecule has 3 atom stereocenters. The molecule has 3 unspecified atom stereocenters. The summed E-state index contributed by atoms with van der Waals surface area (Å²) in [5.41, 5.74) is 0.238. The summed E-state index contributed by atoms with van der Waals surface area (Å²) in [6.45, 7) is 8.29. The van der Waals surface area contributed by atoms with Gasteiger partial charge in [0, 0.05) is 49.2 Å². The summed E-state index contributed by atoms with van der Waals surface area (Å²) in [5, 5.41) is 13.6. The van der Waals surface area contributed by atoms with E-state index in [1.165, 1.54) is 12.8 Å². The maximum Gasteiger partial charge on any atom is 0.0684 e. The van der Waals surface area contributed by atoms with Crippen molar-refractivity contribution >= 4 is 0 Å². The number of rotatable bonds is 4. The molecule has 116 valence electrons. The normalized spacial score (nSPS) is 38.9. The van der Waals surface area contributed by atoms with E-state index in [1.54, 1.807) is 0 Å². The van der Waals surface area contributed by atoms with Crippen molar-refractivity contribution in [1.82, 2.24) is 5.32 Å². The number of hydrogen-bond acceptors (Lipinski definition) is 4. The van der Waals surface area contributed by atoms with E-state index in [-0.39, 0.29) is 17.4 Å². The zero-order valence-corrected chi connectivity index (χ0v) is 12.9. The van der Waals surface area contributed by atoms with Gasteiger partial charge in [-0.15, -0.1) is 0 Å². The Kier molecular flexibility index (Phi) is 4.10. The second-order valence-corrected chi connectivity index (χ2v) is 7.55. The largest absolute Gasteiger partial charge is 0.396 e. The Morgan fingerprint density at radius 1 is 1.20 bits per heavy atom. The highest BCUT2D eigenvalue weighted by molar-refractivity contribution is 5.10. The van der Waals surface area contributed by atoms with Crippen LogP contribution in [-0.2, 0) is 9.47 Å². The quantitative estimate of drug-likeness (QED) is 0.822. The molecule has 3 fully saturated rings. The van der Waals surface area contributed by atoms with Crippen molar-refractivity contribution in [3.05, 3.63) is 0 Å². The minimum atomic E-state index is 0.0228. The van der Waals surface area contributed by atoms with E-state index in [2.05, 4.69) is 19.2 Å². The first-order valence-electron chi connectivity index (χ1n) is 8.13. The molecule has 0 aromatic rings. The van der Waals surface area contributed by atoms with Gasteiger partial charge in [0.15, 0.2) is 0 Å². The van der Waals surface area contributed by atoms with Gasteiger partial charge in [-0.25, -0.2) is 0 Å². The van der Waals surface area contributed by atoms with Gasteiger partial charge in [-0.05, 0) is 25.7 Å². The third-order valence-electron chi connectivity index (χ3n) is 5.92. The van der Waals surface area contributed by atoms with Crippen LogP contribution in [0.15, 0.2) is 0 Å². The van der Waals surface area contributed by atoms with E-state index >= 15 is 0 Å². The van der Waals surface area contributed by atoms with Crippen molar-refractivity contribution in [2.45, 2.75) is 51.7 Å². The van der Waals surface area contributed by atoms with Gasteiger partial charge < -0.3 is 19.9 Å². The van der Waals surface area contributed by atoms with Gasteiger partial charge in [0.05, 0.1) is 12.7 Å². The van der Waals surface area contributed by atoms with E-state index in [0.717, 1.165) is 39.2 Å². The fourth-order valence-corrected chi connectivity index (χ4v) is 4.46. The molecule has 2 saturated heterocycles. The second kappa shape index (κ2) is 5.56. The fraction of sp³-hybridized carbons (Fsp3) is 1.00. The molecule has 0 amide bonds. The van der Waals surface area contributed by atoms with E-state index in [4.69, 9.17) is 9.47 Å². The van der Waals surface area contributed by atoms with Gasteiger partial charge in [-0.3, -0.25) is 0 Å². The van der Waals surface area contributed by atoms with Crippen molar-refractivity contribution in [1.29, 1.82) is 0 Å². The van der Waals surface area contributed by atoms with Crippen LogP contribution in [0, 0.1) is 16.7 Å². The molecule has 0 spiro atoms. The van der Waals surface area contributed by atoms with Gasteiger partial charge in [-0.2, -0.15) is 0 Å². The molecule has 4 nitrogen and oxygen atoms in total. The summed E-state index contributed by atoms with van der Waals surface area (Å²) >= 11 is 0. The maximum absolute atomic E-state index is 9.79. The van der Waals surface area contributed by atoms with Crippen molar-refractivity contribution in [2.75, 3.05) is 33.0 Å². The number of aliphatic hydroxyl groups excluding tert-OH is 1. The number of fused-ring (bicyclic) bond motifs is 1. The summed E-state index contributed by atoms with van der Waals surface area (Å²) in [5.74, 6) is 0.661.